The monoisotopic (exact) mass is 355 g/mol. The standard InChI is InChI=1S/C17H21BF3NO3/c1-15(2)16(3,4)25-18(24-15)13-7-5-11(6-8-13)14(23)22-9-12(10-22)17(19,20)21/h5-8,12H,9-10H2,1-4H3. The van der Waals surface area contributed by atoms with Crippen molar-refractivity contribution in [1.82, 2.24) is 4.90 Å². The van der Waals surface area contributed by atoms with Gasteiger partial charge in [-0.25, -0.2) is 0 Å². The van der Waals surface area contributed by atoms with Crippen LogP contribution in [-0.2, 0) is 9.31 Å². The van der Waals surface area contributed by atoms with E-state index in [0.29, 0.717) is 5.56 Å². The van der Waals surface area contributed by atoms with Crippen LogP contribution in [-0.4, -0.2) is 48.4 Å². The van der Waals surface area contributed by atoms with Gasteiger partial charge in [-0.2, -0.15) is 13.2 Å². The van der Waals surface area contributed by atoms with Gasteiger partial charge in [0.15, 0.2) is 0 Å². The van der Waals surface area contributed by atoms with Gasteiger partial charge in [0.05, 0.1) is 17.1 Å². The molecule has 8 heteroatoms. The molecule has 25 heavy (non-hydrogen) atoms. The van der Waals surface area contributed by atoms with Crippen molar-refractivity contribution < 1.29 is 27.3 Å². The number of amides is 1. The van der Waals surface area contributed by atoms with Gasteiger partial charge in [-0.1, -0.05) is 12.1 Å². The SMILES string of the molecule is CC1(C)OB(c2ccc(C(=O)N3CC(C(F)(F)F)C3)cc2)OC1(C)C. The number of hydrogen-bond donors (Lipinski definition) is 0. The largest absolute Gasteiger partial charge is 0.494 e. The van der Waals surface area contributed by atoms with Gasteiger partial charge in [-0.05, 0) is 45.3 Å². The minimum Gasteiger partial charge on any atom is -0.399 e. The van der Waals surface area contributed by atoms with Gasteiger partial charge in [-0.15, -0.1) is 0 Å². The molecule has 1 aromatic rings. The average molecular weight is 355 g/mol. The third-order valence-electron chi connectivity index (χ3n) is 5.31. The number of nitrogens with zero attached hydrogens (tertiary/aromatic N) is 1. The Labute approximate surface area is 145 Å². The molecule has 2 fully saturated rings. The Kier molecular flexibility index (Phi) is 4.19. The molecule has 0 aromatic heterocycles. The molecule has 0 unspecified atom stereocenters. The summed E-state index contributed by atoms with van der Waals surface area (Å²) in [5, 5.41) is 0. The van der Waals surface area contributed by atoms with Crippen molar-refractivity contribution >= 4 is 18.5 Å². The van der Waals surface area contributed by atoms with E-state index >= 15 is 0 Å². The highest BCUT2D eigenvalue weighted by atomic mass is 19.4. The highest BCUT2D eigenvalue weighted by Crippen LogP contribution is 2.36. The quantitative estimate of drug-likeness (QED) is 0.766. The molecule has 0 aliphatic carbocycles. The van der Waals surface area contributed by atoms with Crippen molar-refractivity contribution in [3.63, 3.8) is 0 Å². The van der Waals surface area contributed by atoms with E-state index in [2.05, 4.69) is 0 Å². The van der Waals surface area contributed by atoms with Gasteiger partial charge in [-0.3, -0.25) is 4.79 Å². The van der Waals surface area contributed by atoms with E-state index in [0.717, 1.165) is 5.46 Å². The van der Waals surface area contributed by atoms with Crippen molar-refractivity contribution in [2.75, 3.05) is 13.1 Å². The van der Waals surface area contributed by atoms with Crippen LogP contribution in [0.25, 0.3) is 0 Å². The zero-order valence-electron chi connectivity index (χ0n) is 14.7. The van der Waals surface area contributed by atoms with Crippen LogP contribution in [0, 0.1) is 5.92 Å². The molecule has 0 bridgehead atoms. The summed E-state index contributed by atoms with van der Waals surface area (Å²) in [6.07, 6.45) is -4.24. The Morgan fingerprint density at radius 1 is 1.08 bits per heavy atom. The summed E-state index contributed by atoms with van der Waals surface area (Å²) < 4.78 is 49.5. The van der Waals surface area contributed by atoms with Crippen LogP contribution in [0.3, 0.4) is 0 Å². The van der Waals surface area contributed by atoms with Crippen molar-refractivity contribution in [2.45, 2.75) is 45.1 Å². The first-order valence-electron chi connectivity index (χ1n) is 8.22. The lowest BCUT2D eigenvalue weighted by Gasteiger charge is -2.40. The van der Waals surface area contributed by atoms with E-state index in [4.69, 9.17) is 9.31 Å². The maximum atomic E-state index is 12.5. The molecular weight excluding hydrogens is 334 g/mol. The van der Waals surface area contributed by atoms with E-state index in [1.807, 2.05) is 27.7 Å². The fourth-order valence-electron chi connectivity index (χ4n) is 2.80. The van der Waals surface area contributed by atoms with E-state index in [1.54, 1.807) is 24.3 Å². The number of hydrogen-bond acceptors (Lipinski definition) is 3. The number of rotatable bonds is 2. The predicted octanol–water partition coefficient (Wildman–Crippen LogP) is 2.62. The number of carbonyl (C=O) groups is 1. The topological polar surface area (TPSA) is 38.8 Å². The summed E-state index contributed by atoms with van der Waals surface area (Å²) in [5.41, 5.74) is 0.208. The Morgan fingerprint density at radius 3 is 2.00 bits per heavy atom. The summed E-state index contributed by atoms with van der Waals surface area (Å²) in [6.45, 7) is 7.25. The Balaban J connectivity index is 1.65. The third kappa shape index (κ3) is 3.29. The lowest BCUT2D eigenvalue weighted by molar-refractivity contribution is -0.202. The molecule has 0 N–H and O–H groups in total. The Bertz CT molecular complexity index is 651. The van der Waals surface area contributed by atoms with Gasteiger partial charge < -0.3 is 14.2 Å². The van der Waals surface area contributed by atoms with Crippen LogP contribution in [0.4, 0.5) is 13.2 Å². The summed E-state index contributed by atoms with van der Waals surface area (Å²) in [6, 6.07) is 6.64. The van der Waals surface area contributed by atoms with E-state index in [9.17, 15) is 18.0 Å². The van der Waals surface area contributed by atoms with Gasteiger partial charge in [0.2, 0.25) is 0 Å². The maximum Gasteiger partial charge on any atom is 0.494 e. The third-order valence-corrected chi connectivity index (χ3v) is 5.31. The first-order chi connectivity index (χ1) is 11.4. The lowest BCUT2D eigenvalue weighted by Crippen LogP contribution is -2.55. The average Bonchev–Trinajstić information content (AvgIpc) is 2.64. The molecule has 0 atom stereocenters. The lowest BCUT2D eigenvalue weighted by atomic mass is 9.79. The van der Waals surface area contributed by atoms with Crippen LogP contribution in [0.1, 0.15) is 38.1 Å². The maximum absolute atomic E-state index is 12.5. The highest BCUT2D eigenvalue weighted by Gasteiger charge is 2.52. The van der Waals surface area contributed by atoms with Gasteiger partial charge in [0.25, 0.3) is 5.91 Å². The van der Waals surface area contributed by atoms with Gasteiger partial charge in [0.1, 0.15) is 0 Å². The van der Waals surface area contributed by atoms with E-state index in [1.165, 1.54) is 4.90 Å². The molecule has 2 heterocycles. The second-order valence-electron chi connectivity index (χ2n) is 7.66. The van der Waals surface area contributed by atoms with Gasteiger partial charge >= 0.3 is 13.3 Å². The van der Waals surface area contributed by atoms with Crippen molar-refractivity contribution in [3.05, 3.63) is 29.8 Å². The Morgan fingerprint density at radius 2 is 1.56 bits per heavy atom. The van der Waals surface area contributed by atoms with Crippen LogP contribution >= 0.6 is 0 Å². The zero-order chi connectivity index (χ0) is 18.6. The summed E-state index contributed by atoms with van der Waals surface area (Å²) in [7, 11) is -0.534. The molecule has 0 radical (unpaired) electrons. The van der Waals surface area contributed by atoms with Crippen molar-refractivity contribution in [2.24, 2.45) is 5.92 Å². The second kappa shape index (κ2) is 5.74. The van der Waals surface area contributed by atoms with Crippen LogP contribution < -0.4 is 5.46 Å². The smallest absolute Gasteiger partial charge is 0.399 e. The highest BCUT2D eigenvalue weighted by molar-refractivity contribution is 6.62. The van der Waals surface area contributed by atoms with Crippen LogP contribution in [0.15, 0.2) is 24.3 Å². The minimum absolute atomic E-state index is 0.276. The molecule has 0 saturated carbocycles. The fourth-order valence-corrected chi connectivity index (χ4v) is 2.80. The summed E-state index contributed by atoms with van der Waals surface area (Å²) in [4.78, 5) is 13.4. The number of carbonyl (C=O) groups excluding carboxylic acids is 1. The molecule has 2 aliphatic rings. The van der Waals surface area contributed by atoms with Crippen LogP contribution in [0.5, 0.6) is 0 Å². The molecule has 2 aliphatic heterocycles. The molecule has 136 valence electrons. The van der Waals surface area contributed by atoms with Gasteiger partial charge in [0, 0.05) is 18.7 Å². The number of alkyl halides is 3. The molecular formula is C17H21BF3NO3. The van der Waals surface area contributed by atoms with E-state index < -0.39 is 30.4 Å². The predicted molar refractivity (Wildman–Crippen MR) is 87.6 cm³/mol. The fraction of sp³-hybridized carbons (Fsp3) is 0.588. The molecule has 1 amide bonds. The minimum atomic E-state index is -4.24. The molecule has 4 nitrogen and oxygen atoms in total. The molecule has 3 rings (SSSR count). The first kappa shape index (κ1) is 18.3. The zero-order valence-corrected chi connectivity index (χ0v) is 14.7. The summed E-state index contributed by atoms with van der Waals surface area (Å²) >= 11 is 0. The molecule has 0 spiro atoms. The molecule has 1 aromatic carbocycles. The summed E-state index contributed by atoms with van der Waals surface area (Å²) in [5.74, 6) is -1.80. The number of benzene rings is 1. The van der Waals surface area contributed by atoms with Crippen LogP contribution in [0.2, 0.25) is 0 Å². The number of likely N-dealkylation sites (tertiary alicyclic amines) is 1. The first-order valence-corrected chi connectivity index (χ1v) is 8.22. The number of halogens is 3. The second-order valence-corrected chi connectivity index (χ2v) is 7.66. The normalized spacial score (nSPS) is 22.8. The van der Waals surface area contributed by atoms with Crippen molar-refractivity contribution in [3.8, 4) is 0 Å². The van der Waals surface area contributed by atoms with Crippen molar-refractivity contribution in [1.29, 1.82) is 0 Å². The molecule has 2 saturated heterocycles. The van der Waals surface area contributed by atoms with E-state index in [-0.39, 0.29) is 19.0 Å². The Hall–Kier alpha value is -1.54.